The van der Waals surface area contributed by atoms with Crippen molar-refractivity contribution in [2.45, 2.75) is 58.0 Å². The number of nitrogens with one attached hydrogen (secondary N) is 1. The number of carbonyl (C=O) groups is 3. The van der Waals surface area contributed by atoms with E-state index >= 15 is 0 Å². The molecule has 0 aliphatic carbocycles. The number of halogens is 1. The molecule has 2 aromatic carbocycles. The number of aliphatic hydroxyl groups is 2. The Balaban J connectivity index is 0.000000503. The van der Waals surface area contributed by atoms with Gasteiger partial charge in [0.2, 0.25) is 0 Å². The molecule has 3 rings (SSSR count). The zero-order valence-electron chi connectivity index (χ0n) is 23.6. The van der Waals surface area contributed by atoms with Crippen molar-refractivity contribution in [3.63, 3.8) is 0 Å². The van der Waals surface area contributed by atoms with Gasteiger partial charge in [-0.1, -0.05) is 38.1 Å². The number of hydrogen-bond acceptors (Lipinski definition) is 7. The molecule has 226 valence electrons. The van der Waals surface area contributed by atoms with Crippen LogP contribution in [0.25, 0.3) is 0 Å². The van der Waals surface area contributed by atoms with Gasteiger partial charge in [-0.3, -0.25) is 0 Å². The smallest absolute Gasteiger partial charge is 0.335 e. The molecule has 5 N–H and O–H groups in total. The molecule has 0 bridgehead atoms. The molecule has 11 nitrogen and oxygen atoms in total. The summed E-state index contributed by atoms with van der Waals surface area (Å²) < 4.78 is 19.0. The van der Waals surface area contributed by atoms with E-state index in [0.717, 1.165) is 42.8 Å². The fourth-order valence-corrected chi connectivity index (χ4v) is 3.98. The summed E-state index contributed by atoms with van der Waals surface area (Å²) in [5.74, 6) is -2.48. The highest BCUT2D eigenvalue weighted by Gasteiger charge is 2.29. The Kier molecular flexibility index (Phi) is 13.5. The molecule has 0 aromatic heterocycles. The monoisotopic (exact) mass is 577 g/mol. The lowest BCUT2D eigenvalue weighted by atomic mass is 10.0. The lowest BCUT2D eigenvalue weighted by Crippen LogP contribution is -2.49. The van der Waals surface area contributed by atoms with E-state index in [0.29, 0.717) is 25.6 Å². The van der Waals surface area contributed by atoms with E-state index in [1.165, 1.54) is 12.1 Å². The second-order valence-corrected chi connectivity index (χ2v) is 10.4. The van der Waals surface area contributed by atoms with Crippen LogP contribution in [0.5, 0.6) is 5.75 Å². The summed E-state index contributed by atoms with van der Waals surface area (Å²) in [5, 5.41) is 35.6. The van der Waals surface area contributed by atoms with Crippen LogP contribution in [0.3, 0.4) is 0 Å². The third kappa shape index (κ3) is 11.7. The number of urea groups is 1. The Hall–Kier alpha value is -3.74. The number of nitrogens with zero attached hydrogens (tertiary/aromatic N) is 2. The largest absolute Gasteiger partial charge is 0.493 e. The van der Waals surface area contributed by atoms with Crippen LogP contribution in [0.15, 0.2) is 48.5 Å². The van der Waals surface area contributed by atoms with Gasteiger partial charge < -0.3 is 40.3 Å². The van der Waals surface area contributed by atoms with E-state index in [4.69, 9.17) is 25.2 Å². The molecule has 2 aromatic rings. The van der Waals surface area contributed by atoms with E-state index in [1.807, 2.05) is 29.2 Å². The van der Waals surface area contributed by atoms with Crippen molar-refractivity contribution in [3.05, 3.63) is 65.5 Å². The molecular formula is C29H40FN3O8. The number of ether oxygens (including phenoxy) is 1. The minimum atomic E-state index is -2.27. The van der Waals surface area contributed by atoms with Crippen molar-refractivity contribution in [3.8, 4) is 5.75 Å². The molecular weight excluding hydrogens is 537 g/mol. The summed E-state index contributed by atoms with van der Waals surface area (Å²) in [6.45, 7) is 7.78. The first-order valence-corrected chi connectivity index (χ1v) is 13.4. The maximum absolute atomic E-state index is 13.3. The van der Waals surface area contributed by atoms with Crippen LogP contribution in [0, 0.1) is 11.7 Å². The topological polar surface area (TPSA) is 160 Å². The van der Waals surface area contributed by atoms with E-state index < -0.39 is 24.1 Å². The van der Waals surface area contributed by atoms with Crippen LogP contribution < -0.4 is 10.1 Å². The van der Waals surface area contributed by atoms with Gasteiger partial charge in [-0.05, 0) is 74.3 Å². The van der Waals surface area contributed by atoms with Gasteiger partial charge in [0.25, 0.3) is 0 Å². The third-order valence-electron chi connectivity index (χ3n) is 6.41. The standard InChI is InChI=1S/C25H34FN3O2.C4H6O6/c1-19(2)18-31-24-10-6-20(7-11-24)16-27-25(30)29(23-12-14-28(3)15-13-23)17-21-4-8-22(26)9-5-21;5-1(3(7)8)2(6)4(9)10/h4-11,19,23H,12-18H2,1-3H3,(H,27,30);1-2,5-6H,(H,7,8)(H,9,10). The number of aliphatic hydroxyl groups excluding tert-OH is 2. The van der Waals surface area contributed by atoms with Gasteiger partial charge in [0.05, 0.1) is 6.61 Å². The van der Waals surface area contributed by atoms with Gasteiger partial charge in [0.1, 0.15) is 11.6 Å². The number of piperidine rings is 1. The summed E-state index contributed by atoms with van der Waals surface area (Å²) >= 11 is 0. The van der Waals surface area contributed by atoms with Gasteiger partial charge in [0, 0.05) is 19.1 Å². The minimum absolute atomic E-state index is 0.0842. The van der Waals surface area contributed by atoms with Crippen molar-refractivity contribution in [1.29, 1.82) is 0 Å². The molecule has 1 saturated heterocycles. The molecule has 1 aliphatic heterocycles. The first kappa shape index (κ1) is 33.5. The van der Waals surface area contributed by atoms with Crippen LogP contribution in [0.4, 0.5) is 9.18 Å². The average molecular weight is 578 g/mol. The maximum Gasteiger partial charge on any atom is 0.335 e. The molecule has 12 heteroatoms. The second-order valence-electron chi connectivity index (χ2n) is 10.4. The average Bonchev–Trinajstić information content (AvgIpc) is 2.95. The lowest BCUT2D eigenvalue weighted by Gasteiger charge is -2.37. The van der Waals surface area contributed by atoms with E-state index in [1.54, 1.807) is 12.1 Å². The molecule has 0 radical (unpaired) electrons. The first-order valence-electron chi connectivity index (χ1n) is 13.4. The van der Waals surface area contributed by atoms with Crippen LogP contribution in [0.2, 0.25) is 0 Å². The van der Waals surface area contributed by atoms with Crippen LogP contribution in [-0.4, -0.2) is 93.2 Å². The normalized spacial score (nSPS) is 15.3. The minimum Gasteiger partial charge on any atom is -0.493 e. The Morgan fingerprint density at radius 3 is 1.95 bits per heavy atom. The van der Waals surface area contributed by atoms with Crippen molar-refractivity contribution < 1.29 is 43.9 Å². The van der Waals surface area contributed by atoms with Crippen molar-refractivity contribution >= 4 is 18.0 Å². The number of carboxylic acids is 2. The van der Waals surface area contributed by atoms with Crippen molar-refractivity contribution in [2.24, 2.45) is 5.92 Å². The predicted molar refractivity (Wildman–Crippen MR) is 149 cm³/mol. The number of carbonyl (C=O) groups excluding carboxylic acids is 1. The molecule has 1 heterocycles. The zero-order valence-corrected chi connectivity index (χ0v) is 23.6. The van der Waals surface area contributed by atoms with Gasteiger partial charge in [-0.15, -0.1) is 0 Å². The Morgan fingerprint density at radius 1 is 0.951 bits per heavy atom. The third-order valence-corrected chi connectivity index (χ3v) is 6.41. The number of rotatable bonds is 11. The number of aliphatic carboxylic acids is 2. The van der Waals surface area contributed by atoms with Gasteiger partial charge in [-0.25, -0.2) is 18.8 Å². The van der Waals surface area contributed by atoms with Crippen LogP contribution in [-0.2, 0) is 22.7 Å². The summed E-state index contributed by atoms with van der Waals surface area (Å²) in [7, 11) is 2.11. The highest BCUT2D eigenvalue weighted by Crippen LogP contribution is 2.19. The fourth-order valence-electron chi connectivity index (χ4n) is 3.98. The Morgan fingerprint density at radius 2 is 1.46 bits per heavy atom. The van der Waals surface area contributed by atoms with E-state index in [2.05, 4.69) is 31.1 Å². The number of carboxylic acid groups (broad SMARTS) is 2. The van der Waals surface area contributed by atoms with Gasteiger partial charge in [-0.2, -0.15) is 0 Å². The molecule has 0 saturated carbocycles. The van der Waals surface area contributed by atoms with Crippen LogP contribution in [0.1, 0.15) is 37.8 Å². The van der Waals surface area contributed by atoms with Gasteiger partial charge >= 0.3 is 18.0 Å². The number of benzene rings is 2. The van der Waals surface area contributed by atoms with Crippen molar-refractivity contribution in [2.75, 3.05) is 26.7 Å². The summed E-state index contributed by atoms with van der Waals surface area (Å²) in [6.07, 6.45) is -2.66. The number of amides is 2. The predicted octanol–water partition coefficient (Wildman–Crippen LogP) is 2.54. The maximum atomic E-state index is 13.3. The molecule has 2 atom stereocenters. The molecule has 1 fully saturated rings. The van der Waals surface area contributed by atoms with E-state index in [-0.39, 0.29) is 17.9 Å². The van der Waals surface area contributed by atoms with Crippen LogP contribution >= 0.6 is 0 Å². The molecule has 0 spiro atoms. The van der Waals surface area contributed by atoms with Crippen molar-refractivity contribution in [1.82, 2.24) is 15.1 Å². The summed E-state index contributed by atoms with van der Waals surface area (Å²) in [5.41, 5.74) is 1.96. The molecule has 1 aliphatic rings. The molecule has 41 heavy (non-hydrogen) atoms. The molecule has 2 amide bonds. The highest BCUT2D eigenvalue weighted by atomic mass is 19.1. The summed E-state index contributed by atoms with van der Waals surface area (Å²) in [6, 6.07) is 14.3. The zero-order chi connectivity index (χ0) is 30.5. The van der Waals surface area contributed by atoms with E-state index in [9.17, 15) is 18.8 Å². The Bertz CT molecular complexity index is 1090. The fraction of sp³-hybridized carbons (Fsp3) is 0.483. The highest BCUT2D eigenvalue weighted by molar-refractivity contribution is 5.83. The second kappa shape index (κ2) is 16.5. The molecule has 2 unspecified atom stereocenters. The quantitative estimate of drug-likeness (QED) is 0.270. The van der Waals surface area contributed by atoms with Gasteiger partial charge in [0.15, 0.2) is 12.2 Å². The lowest BCUT2D eigenvalue weighted by molar-refractivity contribution is -0.165. The Labute approximate surface area is 239 Å². The SMILES string of the molecule is CC(C)COc1ccc(CNC(=O)N(Cc2ccc(F)cc2)C2CCN(C)CC2)cc1.O=C(O)C(O)C(O)C(=O)O. The summed E-state index contributed by atoms with van der Waals surface area (Å²) in [4.78, 5) is 36.8. The number of hydrogen-bond donors (Lipinski definition) is 5. The number of likely N-dealkylation sites (tertiary alicyclic amines) is 1. The first-order chi connectivity index (χ1) is 19.4.